The summed E-state index contributed by atoms with van der Waals surface area (Å²) in [5.74, 6) is 0.464. The largest absolute Gasteiger partial charge is 0.338 e. The molecule has 0 aliphatic heterocycles. The van der Waals surface area contributed by atoms with Crippen molar-refractivity contribution in [2.75, 3.05) is 5.32 Å². The SMILES string of the molecule is N#Cc1ccc(Cl)c(Nc2nc(Cl)nc3[nH]ncc23)c1. The van der Waals surface area contributed by atoms with Crippen LogP contribution in [0, 0.1) is 11.3 Å². The lowest BCUT2D eigenvalue weighted by atomic mass is 10.2. The number of H-pyrrole nitrogens is 1. The van der Waals surface area contributed by atoms with E-state index >= 15 is 0 Å². The maximum absolute atomic E-state index is 8.92. The number of nitriles is 1. The molecular weight excluding hydrogens is 299 g/mol. The number of nitrogens with one attached hydrogen (secondary N) is 2. The van der Waals surface area contributed by atoms with Crippen LogP contribution >= 0.6 is 23.2 Å². The lowest BCUT2D eigenvalue weighted by Gasteiger charge is -2.08. The first-order chi connectivity index (χ1) is 9.67. The summed E-state index contributed by atoms with van der Waals surface area (Å²) in [6, 6.07) is 6.95. The van der Waals surface area contributed by atoms with E-state index in [1.54, 1.807) is 24.4 Å². The van der Waals surface area contributed by atoms with E-state index in [0.717, 1.165) is 0 Å². The summed E-state index contributed by atoms with van der Waals surface area (Å²) in [6.07, 6.45) is 1.58. The maximum atomic E-state index is 8.92. The number of hydrogen-bond acceptors (Lipinski definition) is 5. The summed E-state index contributed by atoms with van der Waals surface area (Å²) in [4.78, 5) is 8.11. The minimum atomic E-state index is 0.0804. The van der Waals surface area contributed by atoms with Crippen molar-refractivity contribution in [2.24, 2.45) is 0 Å². The summed E-state index contributed by atoms with van der Waals surface area (Å²) in [5, 5.41) is 19.8. The van der Waals surface area contributed by atoms with E-state index in [4.69, 9.17) is 28.5 Å². The molecular formula is C12H6Cl2N6. The van der Waals surface area contributed by atoms with Gasteiger partial charge in [-0.3, -0.25) is 5.10 Å². The molecule has 0 spiro atoms. The van der Waals surface area contributed by atoms with E-state index in [1.165, 1.54) is 0 Å². The molecule has 2 N–H and O–H groups in total. The van der Waals surface area contributed by atoms with Crippen LogP contribution in [0.1, 0.15) is 5.56 Å². The lowest BCUT2D eigenvalue weighted by Crippen LogP contribution is -1.97. The van der Waals surface area contributed by atoms with Crippen LogP contribution in [0.15, 0.2) is 24.4 Å². The molecule has 2 aromatic heterocycles. The minimum Gasteiger partial charge on any atom is -0.338 e. The highest BCUT2D eigenvalue weighted by Gasteiger charge is 2.10. The van der Waals surface area contributed by atoms with Gasteiger partial charge >= 0.3 is 0 Å². The average molecular weight is 305 g/mol. The molecule has 6 nitrogen and oxygen atoms in total. The molecule has 0 saturated carbocycles. The Morgan fingerprint density at radius 3 is 2.90 bits per heavy atom. The number of aromatic nitrogens is 4. The second kappa shape index (κ2) is 4.96. The molecule has 0 fully saturated rings. The number of halogens is 2. The molecule has 0 amide bonds. The zero-order valence-electron chi connectivity index (χ0n) is 9.85. The van der Waals surface area contributed by atoms with Crippen molar-refractivity contribution in [3.05, 3.63) is 40.3 Å². The summed E-state index contributed by atoms with van der Waals surface area (Å²) in [6.45, 7) is 0. The average Bonchev–Trinajstić information content (AvgIpc) is 2.89. The van der Waals surface area contributed by atoms with Gasteiger partial charge in [0.15, 0.2) is 5.65 Å². The lowest BCUT2D eigenvalue weighted by molar-refractivity contribution is 1.09. The van der Waals surface area contributed by atoms with Crippen LogP contribution in [0.5, 0.6) is 0 Å². The Labute approximate surface area is 123 Å². The van der Waals surface area contributed by atoms with Gasteiger partial charge in [0.05, 0.1) is 33.9 Å². The van der Waals surface area contributed by atoms with E-state index < -0.39 is 0 Å². The fourth-order valence-electron chi connectivity index (χ4n) is 1.72. The number of rotatable bonds is 2. The van der Waals surface area contributed by atoms with Crippen LogP contribution in [-0.4, -0.2) is 20.2 Å². The monoisotopic (exact) mass is 304 g/mol. The number of aromatic amines is 1. The van der Waals surface area contributed by atoms with Gasteiger partial charge in [0.25, 0.3) is 0 Å². The number of benzene rings is 1. The number of hydrogen-bond donors (Lipinski definition) is 2. The Balaban J connectivity index is 2.09. The van der Waals surface area contributed by atoms with Crippen molar-refractivity contribution in [2.45, 2.75) is 0 Å². The summed E-state index contributed by atoms with van der Waals surface area (Å²) < 4.78 is 0. The normalized spacial score (nSPS) is 10.4. The molecule has 98 valence electrons. The van der Waals surface area contributed by atoms with Gasteiger partial charge < -0.3 is 5.32 Å². The molecule has 1 aromatic carbocycles. The Bertz CT molecular complexity index is 836. The third-order valence-electron chi connectivity index (χ3n) is 2.63. The quantitative estimate of drug-likeness (QED) is 0.709. The van der Waals surface area contributed by atoms with E-state index in [2.05, 4.69) is 25.5 Å². The van der Waals surface area contributed by atoms with Crippen molar-refractivity contribution < 1.29 is 0 Å². The third kappa shape index (κ3) is 2.25. The minimum absolute atomic E-state index is 0.0804. The van der Waals surface area contributed by atoms with E-state index in [1.807, 2.05) is 6.07 Å². The standard InChI is InChI=1S/C12H6Cl2N6/c13-8-2-1-6(4-15)3-9(8)17-10-7-5-16-20-11(7)19-12(14)18-10/h1-3,5H,(H2,16,17,18,19,20). The molecule has 0 saturated heterocycles. The van der Waals surface area contributed by atoms with Gasteiger partial charge in [-0.25, -0.2) is 0 Å². The molecule has 3 rings (SSSR count). The molecule has 8 heteroatoms. The van der Waals surface area contributed by atoms with Crippen LogP contribution in [0.3, 0.4) is 0 Å². The third-order valence-corrected chi connectivity index (χ3v) is 3.13. The van der Waals surface area contributed by atoms with Gasteiger partial charge in [-0.2, -0.15) is 20.3 Å². The fraction of sp³-hybridized carbons (Fsp3) is 0. The van der Waals surface area contributed by atoms with Crippen molar-refractivity contribution in [1.82, 2.24) is 20.2 Å². The highest BCUT2D eigenvalue weighted by molar-refractivity contribution is 6.33. The molecule has 3 aromatic rings. The van der Waals surface area contributed by atoms with Crippen molar-refractivity contribution in [3.63, 3.8) is 0 Å². The second-order valence-electron chi connectivity index (χ2n) is 3.90. The van der Waals surface area contributed by atoms with Crippen molar-refractivity contribution in [1.29, 1.82) is 5.26 Å². The van der Waals surface area contributed by atoms with Gasteiger partial charge in [0.2, 0.25) is 5.28 Å². The highest BCUT2D eigenvalue weighted by atomic mass is 35.5. The van der Waals surface area contributed by atoms with Crippen LogP contribution in [-0.2, 0) is 0 Å². The van der Waals surface area contributed by atoms with Gasteiger partial charge in [-0.15, -0.1) is 0 Å². The highest BCUT2D eigenvalue weighted by Crippen LogP contribution is 2.29. The van der Waals surface area contributed by atoms with Crippen molar-refractivity contribution >= 4 is 45.7 Å². The molecule has 0 unspecified atom stereocenters. The first kappa shape index (κ1) is 12.7. The van der Waals surface area contributed by atoms with E-state index in [9.17, 15) is 0 Å². The van der Waals surface area contributed by atoms with Gasteiger partial charge in [0, 0.05) is 0 Å². The van der Waals surface area contributed by atoms with E-state index in [0.29, 0.717) is 33.1 Å². The van der Waals surface area contributed by atoms with Gasteiger partial charge in [-0.1, -0.05) is 11.6 Å². The van der Waals surface area contributed by atoms with Crippen molar-refractivity contribution in [3.8, 4) is 6.07 Å². The molecule has 0 aliphatic carbocycles. The van der Waals surface area contributed by atoms with E-state index in [-0.39, 0.29) is 5.28 Å². The van der Waals surface area contributed by atoms with Gasteiger partial charge in [0.1, 0.15) is 5.82 Å². The first-order valence-corrected chi connectivity index (χ1v) is 6.26. The Hall–Kier alpha value is -2.36. The molecule has 20 heavy (non-hydrogen) atoms. The van der Waals surface area contributed by atoms with Crippen LogP contribution in [0.2, 0.25) is 10.3 Å². The number of fused-ring (bicyclic) bond motifs is 1. The second-order valence-corrected chi connectivity index (χ2v) is 4.65. The molecule has 2 heterocycles. The van der Waals surface area contributed by atoms with Crippen LogP contribution in [0.25, 0.3) is 11.0 Å². The van der Waals surface area contributed by atoms with Gasteiger partial charge in [-0.05, 0) is 29.8 Å². The molecule has 0 bridgehead atoms. The maximum Gasteiger partial charge on any atom is 0.226 e. The van der Waals surface area contributed by atoms with Crippen LogP contribution in [0.4, 0.5) is 11.5 Å². The first-order valence-electron chi connectivity index (χ1n) is 5.50. The molecule has 0 aliphatic rings. The Morgan fingerprint density at radius 1 is 1.25 bits per heavy atom. The zero-order valence-corrected chi connectivity index (χ0v) is 11.4. The smallest absolute Gasteiger partial charge is 0.226 e. The fourth-order valence-corrected chi connectivity index (χ4v) is 2.05. The van der Waals surface area contributed by atoms with Crippen LogP contribution < -0.4 is 5.32 Å². The summed E-state index contributed by atoms with van der Waals surface area (Å²) in [5.41, 5.74) is 1.56. The summed E-state index contributed by atoms with van der Waals surface area (Å²) in [7, 11) is 0. The predicted octanol–water partition coefficient (Wildman–Crippen LogP) is 3.27. The Morgan fingerprint density at radius 2 is 2.10 bits per heavy atom. The number of nitrogens with zero attached hydrogens (tertiary/aromatic N) is 4. The summed E-state index contributed by atoms with van der Waals surface area (Å²) >= 11 is 11.9. The Kier molecular flexibility index (Phi) is 3.14. The predicted molar refractivity (Wildman–Crippen MR) is 76.1 cm³/mol. The number of anilines is 2. The zero-order chi connectivity index (χ0) is 14.1. The molecule has 0 radical (unpaired) electrons. The molecule has 0 atom stereocenters. The topological polar surface area (TPSA) is 90.3 Å².